The Morgan fingerprint density at radius 2 is 1.71 bits per heavy atom. The molecule has 9 heteroatoms. The summed E-state index contributed by atoms with van der Waals surface area (Å²) >= 11 is 3.94. The predicted octanol–water partition coefficient (Wildman–Crippen LogP) is 1.04. The number of phenols is 1. The molecule has 8 nitrogen and oxygen atoms in total. The summed E-state index contributed by atoms with van der Waals surface area (Å²) in [6, 6.07) is 12.0. The number of rotatable bonds is 9. The third-order valence-corrected chi connectivity index (χ3v) is 5.22. The van der Waals surface area contributed by atoms with Crippen LogP contribution in [-0.2, 0) is 27.2 Å². The van der Waals surface area contributed by atoms with Gasteiger partial charge in [-0.1, -0.05) is 30.3 Å². The Balaban J connectivity index is 1.76. The molecule has 0 aliphatic heterocycles. The van der Waals surface area contributed by atoms with Crippen LogP contribution in [0, 0.1) is 0 Å². The minimum absolute atomic E-state index is 0.0893. The number of nitrogens with one attached hydrogen (secondary N) is 3. The van der Waals surface area contributed by atoms with Crippen LogP contribution < -0.4 is 16.4 Å². The monoisotopic (exact) mass is 440 g/mol. The molecule has 0 spiro atoms. The molecule has 0 fully saturated rings. The first kappa shape index (κ1) is 22.2. The Bertz CT molecular complexity index is 1080. The molecule has 0 saturated carbocycles. The van der Waals surface area contributed by atoms with Crippen molar-refractivity contribution in [1.29, 1.82) is 0 Å². The lowest BCUT2D eigenvalue weighted by Crippen LogP contribution is -2.54. The predicted molar refractivity (Wildman–Crippen MR) is 121 cm³/mol. The molecule has 2 aromatic carbocycles. The fraction of sp³-hybridized carbons (Fsp3) is 0.227. The lowest BCUT2D eigenvalue weighted by atomic mass is 10.0. The van der Waals surface area contributed by atoms with Crippen molar-refractivity contribution >= 4 is 41.3 Å². The van der Waals surface area contributed by atoms with Gasteiger partial charge in [0.2, 0.25) is 17.7 Å². The number of carbonyl (C=O) groups excluding carboxylic acids is 3. The van der Waals surface area contributed by atoms with E-state index >= 15 is 0 Å². The maximum Gasteiger partial charge on any atom is 0.243 e. The molecule has 0 radical (unpaired) electrons. The first-order valence-electron chi connectivity index (χ1n) is 9.70. The number of benzene rings is 2. The summed E-state index contributed by atoms with van der Waals surface area (Å²) in [6.07, 6.45) is 2.16. The smallest absolute Gasteiger partial charge is 0.243 e. The van der Waals surface area contributed by atoms with Crippen molar-refractivity contribution < 1.29 is 19.5 Å². The number of hydrogen-bond acceptors (Lipinski definition) is 5. The molecule has 2 atom stereocenters. The summed E-state index contributed by atoms with van der Waals surface area (Å²) in [5.74, 6) is -1.63. The van der Waals surface area contributed by atoms with Gasteiger partial charge in [0, 0.05) is 29.9 Å². The second kappa shape index (κ2) is 10.0. The van der Waals surface area contributed by atoms with E-state index in [2.05, 4.69) is 28.2 Å². The molecule has 0 aliphatic carbocycles. The zero-order valence-electron chi connectivity index (χ0n) is 16.7. The number of aromatic hydroxyl groups is 1. The van der Waals surface area contributed by atoms with E-state index in [0.717, 1.165) is 22.0 Å². The van der Waals surface area contributed by atoms with E-state index in [0.29, 0.717) is 0 Å². The van der Waals surface area contributed by atoms with Crippen LogP contribution in [0.5, 0.6) is 5.75 Å². The van der Waals surface area contributed by atoms with Gasteiger partial charge in [0.05, 0.1) is 5.75 Å². The standard InChI is InChI=1S/C22H24N4O4S/c23-21(29)18(10-14-11-24-17-4-2-1-3-16(14)17)26-22(30)19(25-20(28)12-31)9-13-5-7-15(27)8-6-13/h1-8,11,18-19,24,27,31H,9-10,12H2,(H2,23,29)(H,25,28)(H,26,30)/t18-,19-/m0/s1. The van der Waals surface area contributed by atoms with Crippen LogP contribution in [0.3, 0.4) is 0 Å². The van der Waals surface area contributed by atoms with Gasteiger partial charge in [-0.3, -0.25) is 14.4 Å². The molecule has 6 N–H and O–H groups in total. The average molecular weight is 441 g/mol. The molecule has 0 saturated heterocycles. The SMILES string of the molecule is NC(=O)[C@H](Cc1c[nH]c2ccccc12)NC(=O)[C@H](Cc1ccc(O)cc1)NC(=O)CS. The number of phenolic OH excluding ortho intramolecular Hbond substituents is 1. The molecular weight excluding hydrogens is 416 g/mol. The minimum atomic E-state index is -0.957. The Hall–Kier alpha value is -3.46. The van der Waals surface area contributed by atoms with Crippen molar-refractivity contribution in [2.24, 2.45) is 5.73 Å². The van der Waals surface area contributed by atoms with E-state index in [9.17, 15) is 19.5 Å². The van der Waals surface area contributed by atoms with Crippen molar-refractivity contribution in [2.75, 3.05) is 5.75 Å². The van der Waals surface area contributed by atoms with Gasteiger partial charge in [0.15, 0.2) is 0 Å². The molecule has 0 aliphatic rings. The molecule has 0 bridgehead atoms. The molecule has 3 aromatic rings. The van der Waals surface area contributed by atoms with E-state index in [-0.39, 0.29) is 24.3 Å². The quantitative estimate of drug-likeness (QED) is 0.277. The Morgan fingerprint density at radius 1 is 1.00 bits per heavy atom. The molecule has 1 aromatic heterocycles. The van der Waals surface area contributed by atoms with Crippen LogP contribution in [0.1, 0.15) is 11.1 Å². The van der Waals surface area contributed by atoms with Crippen LogP contribution in [0.4, 0.5) is 0 Å². The van der Waals surface area contributed by atoms with E-state index in [1.165, 1.54) is 12.1 Å². The first-order valence-corrected chi connectivity index (χ1v) is 10.3. The van der Waals surface area contributed by atoms with Crippen LogP contribution in [0.25, 0.3) is 10.9 Å². The Labute approximate surface area is 184 Å². The van der Waals surface area contributed by atoms with Crippen molar-refractivity contribution in [3.05, 3.63) is 65.9 Å². The van der Waals surface area contributed by atoms with Gasteiger partial charge in [-0.15, -0.1) is 0 Å². The number of aromatic nitrogens is 1. The van der Waals surface area contributed by atoms with Gasteiger partial charge in [0.25, 0.3) is 0 Å². The normalized spacial score (nSPS) is 12.8. The van der Waals surface area contributed by atoms with E-state index in [1.54, 1.807) is 18.3 Å². The highest BCUT2D eigenvalue weighted by Crippen LogP contribution is 2.19. The average Bonchev–Trinajstić information content (AvgIpc) is 3.17. The van der Waals surface area contributed by atoms with Crippen molar-refractivity contribution in [2.45, 2.75) is 24.9 Å². The fourth-order valence-corrected chi connectivity index (χ4v) is 3.42. The maximum absolute atomic E-state index is 13.0. The van der Waals surface area contributed by atoms with E-state index < -0.39 is 29.8 Å². The third-order valence-electron chi connectivity index (χ3n) is 4.93. The number of amides is 3. The highest BCUT2D eigenvalue weighted by molar-refractivity contribution is 7.81. The molecule has 0 unspecified atom stereocenters. The lowest BCUT2D eigenvalue weighted by molar-refractivity contribution is -0.130. The number of carbonyl (C=O) groups is 3. The number of para-hydroxylation sites is 1. The molecule has 1 heterocycles. The summed E-state index contributed by atoms with van der Waals surface area (Å²) in [7, 11) is 0. The van der Waals surface area contributed by atoms with Crippen LogP contribution in [0.2, 0.25) is 0 Å². The zero-order chi connectivity index (χ0) is 22.4. The topological polar surface area (TPSA) is 137 Å². The second-order valence-electron chi connectivity index (χ2n) is 7.18. The molecular formula is C22H24N4O4S. The van der Waals surface area contributed by atoms with Gasteiger partial charge in [-0.2, -0.15) is 12.6 Å². The second-order valence-corrected chi connectivity index (χ2v) is 7.49. The van der Waals surface area contributed by atoms with Gasteiger partial charge in [-0.05, 0) is 29.3 Å². The largest absolute Gasteiger partial charge is 0.508 e. The highest BCUT2D eigenvalue weighted by Gasteiger charge is 2.26. The number of primary amides is 1. The van der Waals surface area contributed by atoms with Crippen LogP contribution >= 0.6 is 12.6 Å². The number of aromatic amines is 1. The number of hydrogen-bond donors (Lipinski definition) is 6. The molecule has 3 amide bonds. The van der Waals surface area contributed by atoms with Crippen molar-refractivity contribution in [1.82, 2.24) is 15.6 Å². The molecule has 31 heavy (non-hydrogen) atoms. The Kier molecular flexibility index (Phi) is 7.19. The number of H-pyrrole nitrogens is 1. The van der Waals surface area contributed by atoms with E-state index in [1.807, 2.05) is 24.3 Å². The number of thiol groups is 1. The first-order chi connectivity index (χ1) is 14.9. The summed E-state index contributed by atoms with van der Waals surface area (Å²) in [4.78, 5) is 40.0. The van der Waals surface area contributed by atoms with Gasteiger partial charge in [0.1, 0.15) is 17.8 Å². The summed E-state index contributed by atoms with van der Waals surface area (Å²) in [5.41, 5.74) is 8.03. The number of nitrogens with two attached hydrogens (primary N) is 1. The summed E-state index contributed by atoms with van der Waals surface area (Å²) < 4.78 is 0. The van der Waals surface area contributed by atoms with E-state index in [4.69, 9.17) is 5.73 Å². The van der Waals surface area contributed by atoms with Crippen molar-refractivity contribution in [3.63, 3.8) is 0 Å². The fourth-order valence-electron chi connectivity index (χ4n) is 3.33. The zero-order valence-corrected chi connectivity index (χ0v) is 17.6. The maximum atomic E-state index is 13.0. The van der Waals surface area contributed by atoms with Gasteiger partial charge in [-0.25, -0.2) is 0 Å². The number of fused-ring (bicyclic) bond motifs is 1. The summed E-state index contributed by atoms with van der Waals surface area (Å²) in [5, 5.41) is 15.7. The third kappa shape index (κ3) is 5.79. The van der Waals surface area contributed by atoms with Crippen LogP contribution in [0.15, 0.2) is 54.7 Å². The molecule has 162 valence electrons. The molecule has 3 rings (SSSR count). The summed E-state index contributed by atoms with van der Waals surface area (Å²) in [6.45, 7) is 0. The minimum Gasteiger partial charge on any atom is -0.508 e. The Morgan fingerprint density at radius 3 is 2.39 bits per heavy atom. The lowest BCUT2D eigenvalue weighted by Gasteiger charge is -2.22. The van der Waals surface area contributed by atoms with Crippen molar-refractivity contribution in [3.8, 4) is 5.75 Å². The van der Waals surface area contributed by atoms with Gasteiger partial charge >= 0.3 is 0 Å². The highest BCUT2D eigenvalue weighted by atomic mass is 32.1. The van der Waals surface area contributed by atoms with Crippen LogP contribution in [-0.4, -0.2) is 45.6 Å². The van der Waals surface area contributed by atoms with Gasteiger partial charge < -0.3 is 26.5 Å².